The van der Waals surface area contributed by atoms with Crippen molar-refractivity contribution < 1.29 is 14.6 Å². The van der Waals surface area contributed by atoms with E-state index in [4.69, 9.17) is 4.74 Å². The number of hydrogen-bond acceptors (Lipinski definition) is 3. The van der Waals surface area contributed by atoms with Crippen molar-refractivity contribution >= 4 is 16.7 Å². The normalized spacial score (nSPS) is 12.7. The second kappa shape index (κ2) is 14.5. The summed E-state index contributed by atoms with van der Waals surface area (Å²) in [6.45, 7) is 14.2. The van der Waals surface area contributed by atoms with E-state index in [9.17, 15) is 9.90 Å². The summed E-state index contributed by atoms with van der Waals surface area (Å²) in [5, 5.41) is 12.4. The average molecular weight is 489 g/mol. The minimum Gasteiger partial charge on any atom is -0.507 e. The van der Waals surface area contributed by atoms with Crippen LogP contribution in [0, 0.1) is 6.92 Å². The summed E-state index contributed by atoms with van der Waals surface area (Å²) in [5.74, 6) is 0.447. The van der Waals surface area contributed by atoms with Crippen molar-refractivity contribution in [3.05, 3.63) is 82.0 Å². The fourth-order valence-electron chi connectivity index (χ4n) is 4.36. The standard InChI is InChI=1S/C33H44O3/c1-23(2)13-10-14-24(3)15-11-16-25(4)17-12-18-26(5)21-22-29-27(6)33(36-28(7)34)31-20-9-8-19-30(31)32(29)35/h8-9,13,15,17,19-21,35H,10-12,14,16,18,22H2,1-7H3. The third kappa shape index (κ3) is 9.18. The Morgan fingerprint density at radius 1 is 0.778 bits per heavy atom. The van der Waals surface area contributed by atoms with Gasteiger partial charge >= 0.3 is 5.97 Å². The zero-order chi connectivity index (χ0) is 26.7. The van der Waals surface area contributed by atoms with E-state index in [0.717, 1.165) is 55.0 Å². The lowest BCUT2D eigenvalue weighted by molar-refractivity contribution is -0.131. The largest absolute Gasteiger partial charge is 0.507 e. The van der Waals surface area contributed by atoms with Gasteiger partial charge in [0.1, 0.15) is 11.5 Å². The summed E-state index contributed by atoms with van der Waals surface area (Å²) in [4.78, 5) is 11.7. The molecule has 2 rings (SSSR count). The number of phenolic OH excluding ortho intramolecular Hbond substituents is 1. The molecule has 3 nitrogen and oxygen atoms in total. The Balaban J connectivity index is 1.98. The molecule has 2 aromatic carbocycles. The molecule has 0 saturated carbocycles. The van der Waals surface area contributed by atoms with Crippen molar-refractivity contribution in [3.63, 3.8) is 0 Å². The second-order valence-corrected chi connectivity index (χ2v) is 10.2. The van der Waals surface area contributed by atoms with E-state index < -0.39 is 0 Å². The van der Waals surface area contributed by atoms with Gasteiger partial charge in [0.05, 0.1) is 0 Å². The highest BCUT2D eigenvalue weighted by Crippen LogP contribution is 2.40. The van der Waals surface area contributed by atoms with E-state index in [-0.39, 0.29) is 11.7 Å². The number of ether oxygens (including phenoxy) is 1. The summed E-state index contributed by atoms with van der Waals surface area (Å²) < 4.78 is 5.54. The molecule has 0 spiro atoms. The van der Waals surface area contributed by atoms with Crippen molar-refractivity contribution in [3.8, 4) is 11.5 Å². The van der Waals surface area contributed by atoms with Gasteiger partial charge in [-0.15, -0.1) is 0 Å². The number of phenols is 1. The van der Waals surface area contributed by atoms with Gasteiger partial charge in [-0.25, -0.2) is 0 Å². The number of benzene rings is 2. The molecule has 0 atom stereocenters. The lowest BCUT2D eigenvalue weighted by Gasteiger charge is -2.16. The average Bonchev–Trinajstić information content (AvgIpc) is 2.81. The minimum atomic E-state index is -0.358. The Bertz CT molecular complexity index is 1170. The molecule has 0 aliphatic carbocycles. The van der Waals surface area contributed by atoms with Gasteiger partial charge in [0, 0.05) is 23.3 Å². The zero-order valence-electron chi connectivity index (χ0n) is 23.3. The third-order valence-electron chi connectivity index (χ3n) is 6.56. The highest BCUT2D eigenvalue weighted by atomic mass is 16.5. The molecule has 3 heteroatoms. The minimum absolute atomic E-state index is 0.267. The van der Waals surface area contributed by atoms with Crippen LogP contribution in [-0.4, -0.2) is 11.1 Å². The molecule has 194 valence electrons. The molecule has 36 heavy (non-hydrogen) atoms. The quantitative estimate of drug-likeness (QED) is 0.184. The van der Waals surface area contributed by atoms with E-state index in [1.165, 1.54) is 29.2 Å². The number of carbonyl (C=O) groups excluding carboxylic acids is 1. The van der Waals surface area contributed by atoms with Gasteiger partial charge in [-0.3, -0.25) is 4.79 Å². The van der Waals surface area contributed by atoms with Crippen LogP contribution in [0.3, 0.4) is 0 Å². The van der Waals surface area contributed by atoms with Gasteiger partial charge in [0.15, 0.2) is 0 Å². The van der Waals surface area contributed by atoms with Crippen LogP contribution in [0.15, 0.2) is 70.9 Å². The van der Waals surface area contributed by atoms with Crippen LogP contribution in [0.2, 0.25) is 0 Å². The van der Waals surface area contributed by atoms with E-state index in [1.54, 1.807) is 0 Å². The fraction of sp³-hybridized carbons (Fsp3) is 0.424. The smallest absolute Gasteiger partial charge is 0.308 e. The molecule has 1 N–H and O–H groups in total. The topological polar surface area (TPSA) is 46.5 Å². The maximum absolute atomic E-state index is 11.7. The first-order valence-corrected chi connectivity index (χ1v) is 13.1. The monoisotopic (exact) mass is 488 g/mol. The maximum Gasteiger partial charge on any atom is 0.308 e. The van der Waals surface area contributed by atoms with Crippen LogP contribution < -0.4 is 4.74 Å². The number of aromatic hydroxyl groups is 1. The summed E-state index contributed by atoms with van der Waals surface area (Å²) >= 11 is 0. The van der Waals surface area contributed by atoms with Gasteiger partial charge < -0.3 is 9.84 Å². The lowest BCUT2D eigenvalue weighted by Crippen LogP contribution is -2.05. The predicted molar refractivity (Wildman–Crippen MR) is 154 cm³/mol. The third-order valence-corrected chi connectivity index (χ3v) is 6.56. The zero-order valence-corrected chi connectivity index (χ0v) is 23.3. The van der Waals surface area contributed by atoms with Gasteiger partial charge in [-0.05, 0) is 92.1 Å². The molecular weight excluding hydrogens is 444 g/mol. The molecular formula is C33H44O3. The number of fused-ring (bicyclic) bond motifs is 1. The summed E-state index contributed by atoms with van der Waals surface area (Å²) in [6.07, 6.45) is 16.3. The summed E-state index contributed by atoms with van der Waals surface area (Å²) in [5.41, 5.74) is 7.21. The van der Waals surface area contributed by atoms with Gasteiger partial charge in [0.25, 0.3) is 0 Å². The van der Waals surface area contributed by atoms with E-state index in [0.29, 0.717) is 17.6 Å². The van der Waals surface area contributed by atoms with Crippen molar-refractivity contribution in [2.24, 2.45) is 0 Å². The van der Waals surface area contributed by atoms with Crippen LogP contribution in [0.25, 0.3) is 10.8 Å². The van der Waals surface area contributed by atoms with Crippen molar-refractivity contribution in [2.75, 3.05) is 0 Å². The first-order chi connectivity index (χ1) is 17.1. The highest BCUT2D eigenvalue weighted by molar-refractivity contribution is 5.97. The molecule has 0 fully saturated rings. The molecule has 0 radical (unpaired) electrons. The molecule has 0 aromatic heterocycles. The Morgan fingerprint density at radius 3 is 1.81 bits per heavy atom. The van der Waals surface area contributed by atoms with Gasteiger partial charge in [-0.2, -0.15) is 0 Å². The summed E-state index contributed by atoms with van der Waals surface area (Å²) in [6, 6.07) is 7.51. The van der Waals surface area contributed by atoms with Crippen LogP contribution in [-0.2, 0) is 11.2 Å². The molecule has 0 aliphatic rings. The Morgan fingerprint density at radius 2 is 1.28 bits per heavy atom. The van der Waals surface area contributed by atoms with Crippen molar-refractivity contribution in [1.29, 1.82) is 0 Å². The number of carbonyl (C=O) groups is 1. The number of hydrogen-bond donors (Lipinski definition) is 1. The lowest BCUT2D eigenvalue weighted by atomic mass is 9.95. The molecule has 0 bridgehead atoms. The summed E-state index contributed by atoms with van der Waals surface area (Å²) in [7, 11) is 0. The molecule has 0 unspecified atom stereocenters. The number of rotatable bonds is 12. The van der Waals surface area contributed by atoms with Crippen LogP contribution in [0.1, 0.15) is 91.2 Å². The molecule has 0 saturated heterocycles. The van der Waals surface area contributed by atoms with Crippen molar-refractivity contribution in [1.82, 2.24) is 0 Å². The molecule has 2 aromatic rings. The molecule has 0 heterocycles. The Hall–Kier alpha value is -3.07. The Labute approximate surface area is 218 Å². The number of esters is 1. The number of allylic oxidation sites excluding steroid dienone is 8. The SMILES string of the molecule is CC(=O)Oc1c(C)c(CC=C(C)CCC=C(C)CCC=C(C)CCC=C(C)C)c(O)c2ccccc12. The van der Waals surface area contributed by atoms with Crippen molar-refractivity contribution in [2.45, 2.75) is 93.4 Å². The van der Waals surface area contributed by atoms with E-state index in [2.05, 4.69) is 58.9 Å². The van der Waals surface area contributed by atoms with Crippen LogP contribution in [0.5, 0.6) is 11.5 Å². The first-order valence-electron chi connectivity index (χ1n) is 13.1. The second-order valence-electron chi connectivity index (χ2n) is 10.2. The highest BCUT2D eigenvalue weighted by Gasteiger charge is 2.17. The Kier molecular flexibility index (Phi) is 11.7. The molecule has 0 amide bonds. The first kappa shape index (κ1) is 29.2. The van der Waals surface area contributed by atoms with Gasteiger partial charge in [0.2, 0.25) is 0 Å². The van der Waals surface area contributed by atoms with E-state index >= 15 is 0 Å². The van der Waals surface area contributed by atoms with Crippen LogP contribution >= 0.6 is 0 Å². The predicted octanol–water partition coefficient (Wildman–Crippen LogP) is 9.47. The van der Waals surface area contributed by atoms with E-state index in [1.807, 2.05) is 31.2 Å². The molecule has 0 aliphatic heterocycles. The van der Waals surface area contributed by atoms with Crippen LogP contribution in [0.4, 0.5) is 0 Å². The fourth-order valence-corrected chi connectivity index (χ4v) is 4.36. The maximum atomic E-state index is 11.7. The van der Waals surface area contributed by atoms with Gasteiger partial charge in [-0.1, -0.05) is 70.9 Å².